The van der Waals surface area contributed by atoms with Crippen LogP contribution in [0.2, 0.25) is 0 Å². The highest BCUT2D eigenvalue weighted by Crippen LogP contribution is 2.23. The molecule has 25 heavy (non-hydrogen) atoms. The number of aliphatic hydroxyl groups is 1. The average Bonchev–Trinajstić information content (AvgIpc) is 2.88. The summed E-state index contributed by atoms with van der Waals surface area (Å²) < 4.78 is 0. The Morgan fingerprint density at radius 1 is 1.28 bits per heavy atom. The number of benzene rings is 1. The molecule has 0 aliphatic carbocycles. The second kappa shape index (κ2) is 6.88. The fraction of sp³-hybridized carbons (Fsp3) is 0.474. The monoisotopic (exact) mass is 343 g/mol. The number of aromatic nitrogens is 1. The average molecular weight is 343 g/mol. The third kappa shape index (κ3) is 3.54. The number of piperidine rings is 1. The molecule has 2 aromatic rings. The first-order valence-corrected chi connectivity index (χ1v) is 8.67. The van der Waals surface area contributed by atoms with Gasteiger partial charge in [0.25, 0.3) is 5.91 Å². The SMILES string of the molecule is Cc1[nH]c2ccc(C(=O)N(C)CC(=O)N3CCC(O)CC3)cc2c1C. The first kappa shape index (κ1) is 17.5. The van der Waals surface area contributed by atoms with Gasteiger partial charge in [0.05, 0.1) is 12.6 Å². The van der Waals surface area contributed by atoms with E-state index in [2.05, 4.69) is 4.98 Å². The van der Waals surface area contributed by atoms with Crippen LogP contribution in [-0.2, 0) is 4.79 Å². The predicted molar refractivity (Wildman–Crippen MR) is 96.6 cm³/mol. The van der Waals surface area contributed by atoms with Crippen LogP contribution in [0, 0.1) is 13.8 Å². The van der Waals surface area contributed by atoms with Crippen molar-refractivity contribution >= 4 is 22.7 Å². The summed E-state index contributed by atoms with van der Waals surface area (Å²) >= 11 is 0. The third-order valence-corrected chi connectivity index (χ3v) is 5.09. The maximum Gasteiger partial charge on any atom is 0.254 e. The minimum absolute atomic E-state index is 0.0537. The third-order valence-electron chi connectivity index (χ3n) is 5.09. The molecule has 2 N–H and O–H groups in total. The molecule has 2 heterocycles. The lowest BCUT2D eigenvalue weighted by Crippen LogP contribution is -2.45. The zero-order valence-electron chi connectivity index (χ0n) is 15.0. The van der Waals surface area contributed by atoms with Gasteiger partial charge in [-0.1, -0.05) is 0 Å². The summed E-state index contributed by atoms with van der Waals surface area (Å²) in [6.45, 7) is 5.20. The molecule has 0 spiro atoms. The van der Waals surface area contributed by atoms with Gasteiger partial charge in [0.15, 0.2) is 0 Å². The van der Waals surface area contributed by atoms with Crippen LogP contribution in [0.15, 0.2) is 18.2 Å². The topological polar surface area (TPSA) is 76.6 Å². The van der Waals surface area contributed by atoms with Gasteiger partial charge in [0.1, 0.15) is 0 Å². The number of carbonyl (C=O) groups is 2. The van der Waals surface area contributed by atoms with Crippen LogP contribution >= 0.6 is 0 Å². The van der Waals surface area contributed by atoms with Crippen molar-refractivity contribution in [2.75, 3.05) is 26.7 Å². The second-order valence-corrected chi connectivity index (χ2v) is 6.91. The van der Waals surface area contributed by atoms with Gasteiger partial charge in [-0.25, -0.2) is 0 Å². The summed E-state index contributed by atoms with van der Waals surface area (Å²) in [5, 5.41) is 10.6. The summed E-state index contributed by atoms with van der Waals surface area (Å²) in [5.41, 5.74) is 3.82. The zero-order chi connectivity index (χ0) is 18.1. The summed E-state index contributed by atoms with van der Waals surface area (Å²) in [6, 6.07) is 5.58. The largest absolute Gasteiger partial charge is 0.393 e. The van der Waals surface area contributed by atoms with Crippen LogP contribution in [0.3, 0.4) is 0 Å². The molecule has 0 bridgehead atoms. The highest BCUT2D eigenvalue weighted by atomic mass is 16.3. The Balaban J connectivity index is 1.69. The zero-order valence-corrected chi connectivity index (χ0v) is 15.0. The van der Waals surface area contributed by atoms with Gasteiger partial charge in [0.2, 0.25) is 5.91 Å². The van der Waals surface area contributed by atoms with Crippen LogP contribution in [0.25, 0.3) is 10.9 Å². The van der Waals surface area contributed by atoms with E-state index in [4.69, 9.17) is 0 Å². The van der Waals surface area contributed by atoms with Crippen molar-refractivity contribution in [2.24, 2.45) is 0 Å². The number of H-pyrrole nitrogens is 1. The Morgan fingerprint density at radius 3 is 2.64 bits per heavy atom. The summed E-state index contributed by atoms with van der Waals surface area (Å²) in [7, 11) is 1.65. The lowest BCUT2D eigenvalue weighted by atomic mass is 10.1. The Labute approximate surface area is 147 Å². The van der Waals surface area contributed by atoms with E-state index < -0.39 is 0 Å². The van der Waals surface area contributed by atoms with Crippen LogP contribution in [-0.4, -0.2) is 64.5 Å². The maximum absolute atomic E-state index is 12.7. The Bertz CT molecular complexity index is 804. The number of rotatable bonds is 3. The number of nitrogens with zero attached hydrogens (tertiary/aromatic N) is 2. The molecule has 0 radical (unpaired) electrons. The Hall–Kier alpha value is -2.34. The lowest BCUT2D eigenvalue weighted by Gasteiger charge is -2.31. The Morgan fingerprint density at radius 2 is 1.96 bits per heavy atom. The second-order valence-electron chi connectivity index (χ2n) is 6.91. The standard InChI is InChI=1S/C19H25N3O3/c1-12-13(2)20-17-5-4-14(10-16(12)17)19(25)21(3)11-18(24)22-8-6-15(23)7-9-22/h4-5,10,15,20,23H,6-9,11H2,1-3H3. The summed E-state index contributed by atoms with van der Waals surface area (Å²) in [6.07, 6.45) is 0.890. The molecule has 134 valence electrons. The molecule has 1 aliphatic rings. The van der Waals surface area contributed by atoms with E-state index in [0.29, 0.717) is 31.5 Å². The minimum atomic E-state index is -0.316. The highest BCUT2D eigenvalue weighted by Gasteiger charge is 2.24. The minimum Gasteiger partial charge on any atom is -0.393 e. The molecule has 6 nitrogen and oxygen atoms in total. The van der Waals surface area contributed by atoms with E-state index in [-0.39, 0.29) is 24.5 Å². The fourth-order valence-electron chi connectivity index (χ4n) is 3.30. The van der Waals surface area contributed by atoms with Gasteiger partial charge in [-0.3, -0.25) is 9.59 Å². The molecule has 0 saturated carbocycles. The molecule has 3 rings (SSSR count). The van der Waals surface area contributed by atoms with Crippen molar-refractivity contribution in [3.05, 3.63) is 35.0 Å². The van der Waals surface area contributed by atoms with E-state index in [1.807, 2.05) is 26.0 Å². The van der Waals surface area contributed by atoms with E-state index >= 15 is 0 Å². The first-order chi connectivity index (χ1) is 11.9. The predicted octanol–water partition coefficient (Wildman–Crippen LogP) is 1.84. The van der Waals surface area contributed by atoms with E-state index in [1.165, 1.54) is 4.90 Å². The van der Waals surface area contributed by atoms with Crippen LogP contribution in [0.5, 0.6) is 0 Å². The number of aryl methyl sites for hydroxylation is 2. The molecular weight excluding hydrogens is 318 g/mol. The summed E-state index contributed by atoms with van der Waals surface area (Å²) in [4.78, 5) is 31.5. The smallest absolute Gasteiger partial charge is 0.254 e. The molecule has 1 aromatic carbocycles. The molecule has 1 aromatic heterocycles. The summed E-state index contributed by atoms with van der Waals surface area (Å²) in [5.74, 6) is -0.233. The molecule has 0 unspecified atom stereocenters. The normalized spacial score (nSPS) is 15.6. The lowest BCUT2D eigenvalue weighted by molar-refractivity contribution is -0.133. The number of nitrogens with one attached hydrogen (secondary N) is 1. The number of aromatic amines is 1. The van der Waals surface area contributed by atoms with Crippen LogP contribution < -0.4 is 0 Å². The number of hydrogen-bond donors (Lipinski definition) is 2. The van der Waals surface area contributed by atoms with Crippen molar-refractivity contribution in [1.82, 2.24) is 14.8 Å². The van der Waals surface area contributed by atoms with Crippen molar-refractivity contribution in [3.8, 4) is 0 Å². The number of likely N-dealkylation sites (N-methyl/N-ethyl adjacent to an activating group) is 1. The maximum atomic E-state index is 12.7. The molecule has 1 aliphatic heterocycles. The quantitative estimate of drug-likeness (QED) is 0.893. The van der Waals surface area contributed by atoms with Gasteiger partial charge >= 0.3 is 0 Å². The molecule has 2 amide bonds. The van der Waals surface area contributed by atoms with E-state index in [9.17, 15) is 14.7 Å². The van der Waals surface area contributed by atoms with Crippen molar-refractivity contribution in [1.29, 1.82) is 0 Å². The van der Waals surface area contributed by atoms with E-state index in [1.54, 1.807) is 18.0 Å². The van der Waals surface area contributed by atoms with Gasteiger partial charge < -0.3 is 19.9 Å². The number of aliphatic hydroxyl groups excluding tert-OH is 1. The number of amides is 2. The fourth-order valence-corrected chi connectivity index (χ4v) is 3.30. The number of likely N-dealkylation sites (tertiary alicyclic amines) is 1. The van der Waals surface area contributed by atoms with Crippen molar-refractivity contribution in [3.63, 3.8) is 0 Å². The molecule has 6 heteroatoms. The van der Waals surface area contributed by atoms with Gasteiger partial charge in [-0.2, -0.15) is 0 Å². The van der Waals surface area contributed by atoms with Crippen molar-refractivity contribution in [2.45, 2.75) is 32.8 Å². The van der Waals surface area contributed by atoms with Gasteiger partial charge in [-0.15, -0.1) is 0 Å². The molecular formula is C19H25N3O3. The van der Waals surface area contributed by atoms with Gasteiger partial charge in [-0.05, 0) is 50.5 Å². The number of fused-ring (bicyclic) bond motifs is 1. The molecule has 1 fully saturated rings. The van der Waals surface area contributed by atoms with Crippen molar-refractivity contribution < 1.29 is 14.7 Å². The molecule has 0 atom stereocenters. The highest BCUT2D eigenvalue weighted by molar-refractivity contribution is 6.00. The van der Waals surface area contributed by atoms with E-state index in [0.717, 1.165) is 22.2 Å². The molecule has 1 saturated heterocycles. The Kier molecular flexibility index (Phi) is 4.81. The van der Waals surface area contributed by atoms with Crippen LogP contribution in [0.1, 0.15) is 34.5 Å². The number of carbonyl (C=O) groups excluding carboxylic acids is 2. The van der Waals surface area contributed by atoms with Crippen LogP contribution in [0.4, 0.5) is 0 Å². The number of hydrogen-bond acceptors (Lipinski definition) is 3. The first-order valence-electron chi connectivity index (χ1n) is 8.67. The van der Waals surface area contributed by atoms with Gasteiger partial charge in [0, 0.05) is 42.3 Å².